The van der Waals surface area contributed by atoms with E-state index >= 15 is 0 Å². The molecule has 4 heteroatoms. The van der Waals surface area contributed by atoms with Gasteiger partial charge in [0.2, 0.25) is 0 Å². The summed E-state index contributed by atoms with van der Waals surface area (Å²) in [6, 6.07) is 10.4. The standard InChI is InChI=1S/C18H22N2O2/c1-3-14-4-6-15(7-5-14)17-12-19-9-10-20(17)18(21)16-8-11-22-13(16)2/h4-8,11,17,19H,3,9-10,12H2,1-2H3. The number of hydrogen-bond donors (Lipinski definition) is 1. The molecule has 0 radical (unpaired) electrons. The van der Waals surface area contributed by atoms with Gasteiger partial charge in [0.25, 0.3) is 5.91 Å². The van der Waals surface area contributed by atoms with Crippen molar-refractivity contribution in [1.82, 2.24) is 10.2 Å². The quantitative estimate of drug-likeness (QED) is 0.947. The van der Waals surface area contributed by atoms with Crippen LogP contribution in [0.2, 0.25) is 0 Å². The lowest BCUT2D eigenvalue weighted by Gasteiger charge is -2.36. The number of furan rings is 1. The number of aryl methyl sites for hydroxylation is 2. The van der Waals surface area contributed by atoms with Gasteiger partial charge in [-0.15, -0.1) is 0 Å². The molecule has 1 aliphatic heterocycles. The van der Waals surface area contributed by atoms with Crippen LogP contribution in [0, 0.1) is 6.92 Å². The SMILES string of the molecule is CCc1ccc(C2CNCCN2C(=O)c2ccoc2C)cc1. The molecule has 0 spiro atoms. The minimum Gasteiger partial charge on any atom is -0.469 e. The normalized spacial score (nSPS) is 18.5. The van der Waals surface area contributed by atoms with Gasteiger partial charge in [0.05, 0.1) is 17.9 Å². The van der Waals surface area contributed by atoms with Crippen molar-refractivity contribution < 1.29 is 9.21 Å². The van der Waals surface area contributed by atoms with Crippen molar-refractivity contribution in [3.63, 3.8) is 0 Å². The van der Waals surface area contributed by atoms with Crippen LogP contribution >= 0.6 is 0 Å². The van der Waals surface area contributed by atoms with Crippen LogP contribution in [0.25, 0.3) is 0 Å². The van der Waals surface area contributed by atoms with Crippen molar-refractivity contribution in [1.29, 1.82) is 0 Å². The molecule has 3 rings (SSSR count). The maximum absolute atomic E-state index is 12.8. The molecule has 1 aromatic carbocycles. The highest BCUT2D eigenvalue weighted by molar-refractivity contribution is 5.95. The van der Waals surface area contributed by atoms with Gasteiger partial charge in [0.1, 0.15) is 5.76 Å². The first-order valence-corrected chi connectivity index (χ1v) is 7.85. The second-order valence-corrected chi connectivity index (χ2v) is 5.70. The van der Waals surface area contributed by atoms with Crippen molar-refractivity contribution in [2.75, 3.05) is 19.6 Å². The van der Waals surface area contributed by atoms with E-state index < -0.39 is 0 Å². The Hall–Kier alpha value is -2.07. The van der Waals surface area contributed by atoms with E-state index in [2.05, 4.69) is 36.5 Å². The second-order valence-electron chi connectivity index (χ2n) is 5.70. The van der Waals surface area contributed by atoms with E-state index in [4.69, 9.17) is 4.42 Å². The molecule has 1 fully saturated rings. The zero-order chi connectivity index (χ0) is 15.5. The summed E-state index contributed by atoms with van der Waals surface area (Å²) in [5, 5.41) is 3.39. The summed E-state index contributed by atoms with van der Waals surface area (Å²) in [5.74, 6) is 0.737. The molecule has 0 saturated carbocycles. The Kier molecular flexibility index (Phi) is 4.29. The molecule has 1 amide bonds. The summed E-state index contributed by atoms with van der Waals surface area (Å²) in [7, 11) is 0. The molecule has 2 aromatic rings. The minimum absolute atomic E-state index is 0.0531. The monoisotopic (exact) mass is 298 g/mol. The highest BCUT2D eigenvalue weighted by Crippen LogP contribution is 2.25. The predicted octanol–water partition coefficient (Wildman–Crippen LogP) is 2.94. The summed E-state index contributed by atoms with van der Waals surface area (Å²) < 4.78 is 5.28. The van der Waals surface area contributed by atoms with Gasteiger partial charge in [-0.3, -0.25) is 4.79 Å². The van der Waals surface area contributed by atoms with Crippen molar-refractivity contribution in [3.05, 3.63) is 59.0 Å². The number of benzene rings is 1. The van der Waals surface area contributed by atoms with E-state index in [0.717, 1.165) is 19.5 Å². The summed E-state index contributed by atoms with van der Waals surface area (Å²) in [5.41, 5.74) is 3.16. The smallest absolute Gasteiger partial charge is 0.257 e. The number of nitrogens with one attached hydrogen (secondary N) is 1. The molecule has 1 aliphatic rings. The van der Waals surface area contributed by atoms with Gasteiger partial charge >= 0.3 is 0 Å². The minimum atomic E-state index is 0.0531. The van der Waals surface area contributed by atoms with E-state index in [-0.39, 0.29) is 11.9 Å². The summed E-state index contributed by atoms with van der Waals surface area (Å²) in [4.78, 5) is 14.8. The van der Waals surface area contributed by atoms with Crippen LogP contribution in [0.15, 0.2) is 41.0 Å². The van der Waals surface area contributed by atoms with E-state index in [1.807, 2.05) is 11.8 Å². The molecular weight excluding hydrogens is 276 g/mol. The average Bonchev–Trinajstić information content (AvgIpc) is 3.00. The highest BCUT2D eigenvalue weighted by atomic mass is 16.3. The van der Waals surface area contributed by atoms with Crippen LogP contribution in [0.1, 0.15) is 40.2 Å². The number of nitrogens with zero attached hydrogens (tertiary/aromatic N) is 1. The number of carbonyl (C=O) groups excluding carboxylic acids is 1. The summed E-state index contributed by atoms with van der Waals surface area (Å²) in [6.07, 6.45) is 2.61. The summed E-state index contributed by atoms with van der Waals surface area (Å²) in [6.45, 7) is 6.30. The Bertz CT molecular complexity index is 645. The Morgan fingerprint density at radius 1 is 1.32 bits per heavy atom. The lowest BCUT2D eigenvalue weighted by Crippen LogP contribution is -2.48. The highest BCUT2D eigenvalue weighted by Gasteiger charge is 2.29. The number of hydrogen-bond acceptors (Lipinski definition) is 3. The molecule has 1 N–H and O–H groups in total. The first-order chi connectivity index (χ1) is 10.7. The van der Waals surface area contributed by atoms with Crippen LogP contribution in [0.4, 0.5) is 0 Å². The van der Waals surface area contributed by atoms with E-state index in [0.29, 0.717) is 17.9 Å². The second kappa shape index (κ2) is 6.36. The van der Waals surface area contributed by atoms with Gasteiger partial charge in [-0.25, -0.2) is 0 Å². The van der Waals surface area contributed by atoms with Gasteiger partial charge in [-0.2, -0.15) is 0 Å². The first kappa shape index (κ1) is 14.9. The maximum atomic E-state index is 12.8. The van der Waals surface area contributed by atoms with Crippen molar-refractivity contribution in [2.24, 2.45) is 0 Å². The van der Waals surface area contributed by atoms with Crippen molar-refractivity contribution in [2.45, 2.75) is 26.3 Å². The molecule has 1 unspecified atom stereocenters. The van der Waals surface area contributed by atoms with Crippen LogP contribution in [-0.4, -0.2) is 30.4 Å². The molecule has 2 heterocycles. The molecule has 4 nitrogen and oxygen atoms in total. The topological polar surface area (TPSA) is 45.5 Å². The van der Waals surface area contributed by atoms with E-state index in [1.54, 1.807) is 12.3 Å². The van der Waals surface area contributed by atoms with Gasteiger partial charge in [-0.05, 0) is 30.5 Å². The Morgan fingerprint density at radius 2 is 2.09 bits per heavy atom. The zero-order valence-electron chi connectivity index (χ0n) is 13.1. The molecule has 1 atom stereocenters. The lowest BCUT2D eigenvalue weighted by atomic mass is 10.00. The van der Waals surface area contributed by atoms with E-state index in [9.17, 15) is 4.79 Å². The van der Waals surface area contributed by atoms with Crippen LogP contribution in [0.3, 0.4) is 0 Å². The lowest BCUT2D eigenvalue weighted by molar-refractivity contribution is 0.0632. The summed E-state index contributed by atoms with van der Waals surface area (Å²) >= 11 is 0. The zero-order valence-corrected chi connectivity index (χ0v) is 13.1. The van der Waals surface area contributed by atoms with Crippen molar-refractivity contribution >= 4 is 5.91 Å². The van der Waals surface area contributed by atoms with Crippen LogP contribution in [0.5, 0.6) is 0 Å². The van der Waals surface area contributed by atoms with Crippen LogP contribution < -0.4 is 5.32 Å². The molecule has 0 bridgehead atoms. The third kappa shape index (κ3) is 2.79. The van der Waals surface area contributed by atoms with Gasteiger partial charge in [-0.1, -0.05) is 31.2 Å². The average molecular weight is 298 g/mol. The fourth-order valence-corrected chi connectivity index (χ4v) is 2.98. The first-order valence-electron chi connectivity index (χ1n) is 7.85. The Labute approximate surface area is 131 Å². The molecule has 1 saturated heterocycles. The maximum Gasteiger partial charge on any atom is 0.257 e. The van der Waals surface area contributed by atoms with Gasteiger partial charge in [0.15, 0.2) is 0 Å². The molecule has 1 aromatic heterocycles. The Morgan fingerprint density at radius 3 is 2.73 bits per heavy atom. The molecular formula is C18H22N2O2. The fraction of sp³-hybridized carbons (Fsp3) is 0.389. The van der Waals surface area contributed by atoms with Crippen LogP contribution in [-0.2, 0) is 6.42 Å². The molecule has 116 valence electrons. The van der Waals surface area contributed by atoms with Gasteiger partial charge in [0, 0.05) is 19.6 Å². The van der Waals surface area contributed by atoms with Gasteiger partial charge < -0.3 is 14.6 Å². The largest absolute Gasteiger partial charge is 0.469 e. The fourth-order valence-electron chi connectivity index (χ4n) is 2.98. The van der Waals surface area contributed by atoms with E-state index in [1.165, 1.54) is 11.1 Å². The molecule has 0 aliphatic carbocycles. The third-order valence-electron chi connectivity index (χ3n) is 4.37. The number of rotatable bonds is 3. The van der Waals surface area contributed by atoms with Crippen molar-refractivity contribution in [3.8, 4) is 0 Å². The predicted molar refractivity (Wildman–Crippen MR) is 85.9 cm³/mol. The third-order valence-corrected chi connectivity index (χ3v) is 4.37. The Balaban J connectivity index is 1.87. The molecule has 22 heavy (non-hydrogen) atoms. The number of piperazine rings is 1. The number of amides is 1. The number of carbonyl (C=O) groups is 1.